The summed E-state index contributed by atoms with van der Waals surface area (Å²) in [5.41, 5.74) is 6.73. The number of anilines is 1. The average molecular weight is 296 g/mol. The van der Waals surface area contributed by atoms with Crippen molar-refractivity contribution in [3.05, 3.63) is 10.6 Å². The Morgan fingerprint density at radius 2 is 1.95 bits per heavy atom. The van der Waals surface area contributed by atoms with Crippen molar-refractivity contribution >= 4 is 16.5 Å². The van der Waals surface area contributed by atoms with E-state index < -0.39 is 0 Å². The van der Waals surface area contributed by atoms with Gasteiger partial charge in [-0.1, -0.05) is 6.42 Å². The molecule has 114 valence electrons. The highest BCUT2D eigenvalue weighted by Crippen LogP contribution is 2.25. The molecule has 4 nitrogen and oxygen atoms in total. The van der Waals surface area contributed by atoms with E-state index in [-0.39, 0.29) is 0 Å². The summed E-state index contributed by atoms with van der Waals surface area (Å²) in [5, 5.41) is 1.21. The van der Waals surface area contributed by atoms with Crippen molar-refractivity contribution in [3.63, 3.8) is 0 Å². The van der Waals surface area contributed by atoms with Crippen molar-refractivity contribution in [2.24, 2.45) is 5.73 Å². The molecule has 20 heavy (non-hydrogen) atoms. The smallest absolute Gasteiger partial charge is 0.185 e. The minimum Gasteiger partial charge on any atom is -0.347 e. The zero-order chi connectivity index (χ0) is 14.4. The predicted molar refractivity (Wildman–Crippen MR) is 87.8 cm³/mol. The molecule has 0 radical (unpaired) electrons. The Hall–Kier alpha value is -0.650. The molecule has 1 aliphatic heterocycles. The van der Waals surface area contributed by atoms with Gasteiger partial charge in [-0.3, -0.25) is 0 Å². The summed E-state index contributed by atoms with van der Waals surface area (Å²) >= 11 is 1.84. The van der Waals surface area contributed by atoms with Gasteiger partial charge in [0, 0.05) is 24.5 Å². The summed E-state index contributed by atoms with van der Waals surface area (Å²) < 4.78 is 0. The van der Waals surface area contributed by atoms with Crippen LogP contribution in [0.15, 0.2) is 0 Å². The predicted octanol–water partition coefficient (Wildman–Crippen LogP) is 2.40. The molecule has 0 amide bonds. The van der Waals surface area contributed by atoms with Gasteiger partial charge in [0.1, 0.15) is 0 Å². The van der Waals surface area contributed by atoms with Crippen LogP contribution in [0.2, 0.25) is 0 Å². The minimum absolute atomic E-state index is 0.830. The van der Waals surface area contributed by atoms with Crippen molar-refractivity contribution in [2.45, 2.75) is 39.5 Å². The maximum atomic E-state index is 5.54. The van der Waals surface area contributed by atoms with E-state index in [1.807, 2.05) is 11.3 Å². The van der Waals surface area contributed by atoms with Gasteiger partial charge in [-0.15, -0.1) is 11.3 Å². The molecule has 2 N–H and O–H groups in total. The van der Waals surface area contributed by atoms with Gasteiger partial charge in [0.05, 0.1) is 5.69 Å². The van der Waals surface area contributed by atoms with Crippen LogP contribution in [0.3, 0.4) is 0 Å². The second kappa shape index (κ2) is 7.96. The van der Waals surface area contributed by atoms with Crippen LogP contribution in [0.1, 0.15) is 36.3 Å². The van der Waals surface area contributed by atoms with Gasteiger partial charge in [-0.25, -0.2) is 4.98 Å². The minimum atomic E-state index is 0.830. The normalized spacial score (nSPS) is 17.4. The molecule has 1 aromatic rings. The number of hydrogen-bond donors (Lipinski definition) is 1. The second-order valence-corrected chi connectivity index (χ2v) is 6.85. The lowest BCUT2D eigenvalue weighted by Crippen LogP contribution is -2.31. The molecular weight excluding hydrogens is 268 g/mol. The molecule has 1 fully saturated rings. The van der Waals surface area contributed by atoms with E-state index in [0.717, 1.165) is 26.1 Å². The zero-order valence-corrected chi connectivity index (χ0v) is 13.7. The van der Waals surface area contributed by atoms with E-state index in [2.05, 4.69) is 23.6 Å². The fraction of sp³-hybridized carbons (Fsp3) is 0.800. The van der Waals surface area contributed by atoms with Gasteiger partial charge in [0.2, 0.25) is 0 Å². The van der Waals surface area contributed by atoms with Crippen molar-refractivity contribution in [1.82, 2.24) is 9.88 Å². The molecule has 0 unspecified atom stereocenters. The van der Waals surface area contributed by atoms with E-state index in [1.165, 1.54) is 54.6 Å². The summed E-state index contributed by atoms with van der Waals surface area (Å²) in [5.74, 6) is 0. The highest BCUT2D eigenvalue weighted by atomic mass is 32.1. The molecule has 0 aliphatic carbocycles. The van der Waals surface area contributed by atoms with Gasteiger partial charge in [0.25, 0.3) is 0 Å². The van der Waals surface area contributed by atoms with Crippen LogP contribution in [0.25, 0.3) is 0 Å². The summed E-state index contributed by atoms with van der Waals surface area (Å²) in [4.78, 5) is 11.1. The third-order valence-electron chi connectivity index (χ3n) is 4.05. The Balaban J connectivity index is 1.79. The Morgan fingerprint density at radius 3 is 2.65 bits per heavy atom. The Morgan fingerprint density at radius 1 is 1.10 bits per heavy atom. The Labute approximate surface area is 127 Å². The highest BCUT2D eigenvalue weighted by molar-refractivity contribution is 7.15. The molecule has 1 saturated heterocycles. The number of unbranched alkanes of at least 4 members (excludes halogenated alkanes) is 2. The first kappa shape index (κ1) is 15.7. The number of aromatic nitrogens is 1. The van der Waals surface area contributed by atoms with Crippen LogP contribution in [-0.4, -0.2) is 49.2 Å². The number of rotatable bonds is 6. The number of nitrogens with zero attached hydrogens (tertiary/aromatic N) is 3. The van der Waals surface area contributed by atoms with Crippen LogP contribution < -0.4 is 10.6 Å². The molecule has 2 rings (SSSR count). The molecule has 0 atom stereocenters. The lowest BCUT2D eigenvalue weighted by molar-refractivity contribution is 0.286. The van der Waals surface area contributed by atoms with Gasteiger partial charge in [0.15, 0.2) is 5.13 Å². The molecule has 0 spiro atoms. The van der Waals surface area contributed by atoms with Crippen molar-refractivity contribution < 1.29 is 0 Å². The zero-order valence-electron chi connectivity index (χ0n) is 12.9. The first-order chi connectivity index (χ1) is 9.70. The number of nitrogens with two attached hydrogens (primary N) is 1. The summed E-state index contributed by atoms with van der Waals surface area (Å²) in [6.45, 7) is 11.0. The average Bonchev–Trinajstić information content (AvgIpc) is 2.66. The van der Waals surface area contributed by atoms with E-state index in [1.54, 1.807) is 0 Å². The third-order valence-corrected chi connectivity index (χ3v) is 5.19. The van der Waals surface area contributed by atoms with Crippen molar-refractivity contribution in [1.29, 1.82) is 0 Å². The lowest BCUT2D eigenvalue weighted by atomic mass is 10.2. The Kier molecular flexibility index (Phi) is 6.26. The molecular formula is C15H28N4S. The topological polar surface area (TPSA) is 45.4 Å². The molecule has 0 aromatic carbocycles. The first-order valence-electron chi connectivity index (χ1n) is 7.82. The number of aryl methyl sites for hydroxylation is 2. The standard InChI is InChI=1S/C15H28N4S/c1-13-14(2)20-15(17-13)19-10-6-9-18(11-12-19)8-5-3-4-7-16/h3-12,16H2,1-2H3. The van der Waals surface area contributed by atoms with Crippen LogP contribution in [-0.2, 0) is 0 Å². The fourth-order valence-electron chi connectivity index (χ4n) is 2.63. The Bertz CT molecular complexity index is 385. The second-order valence-electron chi connectivity index (χ2n) is 5.67. The summed E-state index contributed by atoms with van der Waals surface area (Å²) in [7, 11) is 0. The van der Waals surface area contributed by atoms with Gasteiger partial charge < -0.3 is 15.5 Å². The number of thiazole rings is 1. The summed E-state index contributed by atoms with van der Waals surface area (Å²) in [6.07, 6.45) is 4.96. The first-order valence-corrected chi connectivity index (χ1v) is 8.63. The highest BCUT2D eigenvalue weighted by Gasteiger charge is 2.17. The van der Waals surface area contributed by atoms with Crippen LogP contribution in [0.4, 0.5) is 5.13 Å². The maximum absolute atomic E-state index is 5.54. The molecule has 2 heterocycles. The van der Waals surface area contributed by atoms with Crippen molar-refractivity contribution in [2.75, 3.05) is 44.2 Å². The fourth-order valence-corrected chi connectivity index (χ4v) is 3.59. The quantitative estimate of drug-likeness (QED) is 0.819. The van der Waals surface area contributed by atoms with Gasteiger partial charge >= 0.3 is 0 Å². The SMILES string of the molecule is Cc1nc(N2CCCN(CCCCCN)CC2)sc1C. The van der Waals surface area contributed by atoms with Crippen LogP contribution >= 0.6 is 11.3 Å². The largest absolute Gasteiger partial charge is 0.347 e. The maximum Gasteiger partial charge on any atom is 0.185 e. The van der Waals surface area contributed by atoms with Crippen LogP contribution in [0.5, 0.6) is 0 Å². The third kappa shape index (κ3) is 4.43. The van der Waals surface area contributed by atoms with E-state index >= 15 is 0 Å². The molecule has 5 heteroatoms. The molecule has 0 saturated carbocycles. The van der Waals surface area contributed by atoms with Gasteiger partial charge in [-0.2, -0.15) is 0 Å². The van der Waals surface area contributed by atoms with Gasteiger partial charge in [-0.05, 0) is 52.7 Å². The number of hydrogen-bond acceptors (Lipinski definition) is 5. The monoisotopic (exact) mass is 296 g/mol. The summed E-state index contributed by atoms with van der Waals surface area (Å²) in [6, 6.07) is 0. The molecule has 0 bridgehead atoms. The van der Waals surface area contributed by atoms with Crippen LogP contribution in [0, 0.1) is 13.8 Å². The van der Waals surface area contributed by atoms with E-state index in [4.69, 9.17) is 10.7 Å². The lowest BCUT2D eigenvalue weighted by Gasteiger charge is -2.21. The molecule has 1 aliphatic rings. The molecule has 1 aromatic heterocycles. The van der Waals surface area contributed by atoms with E-state index in [9.17, 15) is 0 Å². The van der Waals surface area contributed by atoms with E-state index in [0.29, 0.717) is 0 Å². The van der Waals surface area contributed by atoms with Crippen molar-refractivity contribution in [3.8, 4) is 0 Å².